The topological polar surface area (TPSA) is 50.0 Å². The standard InChI is InChI=1S/C28H40N4O2.Zn/c1-27(2,29(5)6)25(33)21-9-13-23(14-10-21)31-17-19-32(20-18-31)24-15-11-22(12-16-24)26(34)28(3,4)30(7)8;/h9-16H,17-20H2,1-8H3;/p+1. The Morgan fingerprint density at radius 2 is 1.34 bits per heavy atom. The monoisotopic (exact) mass is 529 g/mol. The summed E-state index contributed by atoms with van der Waals surface area (Å²) >= 11 is 0. The third kappa shape index (κ3) is 6.20. The second-order valence-corrected chi connectivity index (χ2v) is 10.7. The average molecular weight is 531 g/mol. The summed E-state index contributed by atoms with van der Waals surface area (Å²) in [5.74, 6) is 0.513. The van der Waals surface area contributed by atoms with Crippen LogP contribution in [0.3, 0.4) is 0 Å². The number of aliphatic hydroxyl groups is 1. The fourth-order valence-corrected chi connectivity index (χ4v) is 4.00. The van der Waals surface area contributed by atoms with Gasteiger partial charge < -0.3 is 10.0 Å². The minimum atomic E-state index is -0.528. The Kier molecular flexibility index (Phi) is 9.43. The second kappa shape index (κ2) is 11.3. The third-order valence-electron chi connectivity index (χ3n) is 7.65. The van der Waals surface area contributed by atoms with Gasteiger partial charge in [-0.2, -0.15) is 0 Å². The van der Waals surface area contributed by atoms with Gasteiger partial charge in [-0.05, 0) is 92.3 Å². The van der Waals surface area contributed by atoms with Gasteiger partial charge in [-0.15, -0.1) is 0 Å². The van der Waals surface area contributed by atoms with E-state index in [2.05, 4.69) is 33.8 Å². The van der Waals surface area contributed by atoms with Gasteiger partial charge in [0.2, 0.25) is 0 Å². The molecule has 0 saturated carbocycles. The van der Waals surface area contributed by atoms with Crippen LogP contribution in [0.1, 0.15) is 38.1 Å². The van der Waals surface area contributed by atoms with E-state index in [-0.39, 0.29) is 25.3 Å². The molecular weight excluding hydrogens is 490 g/mol. The maximum Gasteiger partial charge on any atom is 0.200 e. The molecule has 1 aliphatic heterocycles. The molecule has 1 fully saturated rings. The number of likely N-dealkylation sites (N-methyl/N-ethyl adjacent to an activating group) is 2. The van der Waals surface area contributed by atoms with Crippen LogP contribution in [-0.4, -0.2) is 96.4 Å². The number of rotatable bonds is 6. The molecule has 0 amide bonds. The van der Waals surface area contributed by atoms with E-state index >= 15 is 0 Å². The first-order valence-corrected chi connectivity index (χ1v) is 12.0. The van der Waals surface area contributed by atoms with E-state index in [1.54, 1.807) is 0 Å². The molecule has 1 aliphatic carbocycles. The van der Waals surface area contributed by atoms with Crippen molar-refractivity contribution in [1.82, 2.24) is 9.80 Å². The zero-order chi connectivity index (χ0) is 25.3. The molecular formula is C28H41N4O2Zn+. The van der Waals surface area contributed by atoms with Crippen molar-refractivity contribution in [2.75, 3.05) is 59.3 Å². The molecule has 3 rings (SSSR count). The predicted octanol–water partition coefficient (Wildman–Crippen LogP) is 3.76. The first kappa shape index (κ1) is 29.2. The first-order chi connectivity index (χ1) is 15.9. The van der Waals surface area contributed by atoms with E-state index in [1.807, 2.05) is 90.0 Å². The van der Waals surface area contributed by atoms with Crippen LogP contribution in [0.25, 0.3) is 0 Å². The summed E-state index contributed by atoms with van der Waals surface area (Å²) in [6, 6.07) is 8.03. The number of benzene rings is 1. The summed E-state index contributed by atoms with van der Waals surface area (Å²) in [6.07, 6.45) is 8.21. The van der Waals surface area contributed by atoms with Crippen LogP contribution in [0.5, 0.6) is 0 Å². The van der Waals surface area contributed by atoms with E-state index < -0.39 is 11.1 Å². The van der Waals surface area contributed by atoms with Gasteiger partial charge in [-0.3, -0.25) is 14.6 Å². The molecule has 1 saturated heterocycles. The van der Waals surface area contributed by atoms with Crippen LogP contribution >= 0.6 is 0 Å². The number of hydrogen-bond acceptors (Lipinski definition) is 5. The molecule has 2 aliphatic rings. The molecule has 0 atom stereocenters. The van der Waals surface area contributed by atoms with Gasteiger partial charge in [-0.1, -0.05) is 0 Å². The van der Waals surface area contributed by atoms with Crippen molar-refractivity contribution in [1.29, 1.82) is 0 Å². The molecule has 0 aromatic heterocycles. The number of aliphatic hydroxyl groups excluding tert-OH is 1. The van der Waals surface area contributed by atoms with E-state index in [1.165, 1.54) is 5.71 Å². The summed E-state index contributed by atoms with van der Waals surface area (Å²) in [6.45, 7) is 11.6. The van der Waals surface area contributed by atoms with Gasteiger partial charge in [0, 0.05) is 48.5 Å². The Hall–Kier alpha value is -2.08. The van der Waals surface area contributed by atoms with Crippen molar-refractivity contribution in [2.45, 2.75) is 38.8 Å². The number of Topliss-reactive ketones (excluding diaryl/α,β-unsaturated/α-hetero) is 1. The fraction of sp³-hybridized carbons (Fsp3) is 0.500. The first-order valence-electron chi connectivity index (χ1n) is 12.0. The van der Waals surface area contributed by atoms with E-state index in [4.69, 9.17) is 0 Å². The zero-order valence-corrected chi connectivity index (χ0v) is 25.8. The summed E-state index contributed by atoms with van der Waals surface area (Å²) < 4.78 is 2.38. The van der Waals surface area contributed by atoms with Crippen LogP contribution in [0.15, 0.2) is 59.9 Å². The Labute approximate surface area is 224 Å². The molecule has 1 N–H and O–H groups in total. The van der Waals surface area contributed by atoms with Crippen molar-refractivity contribution >= 4 is 17.2 Å². The van der Waals surface area contributed by atoms with Gasteiger partial charge >= 0.3 is 0 Å². The number of carbonyl (C=O) groups is 1. The third-order valence-corrected chi connectivity index (χ3v) is 7.65. The maximum absolute atomic E-state index is 12.9. The van der Waals surface area contributed by atoms with Gasteiger partial charge in [-0.25, -0.2) is 4.58 Å². The summed E-state index contributed by atoms with van der Waals surface area (Å²) in [5, 5.41) is 10.7. The Balaban J connectivity index is 0.00000432. The quantitative estimate of drug-likeness (QED) is 0.263. The Morgan fingerprint density at radius 1 is 0.857 bits per heavy atom. The van der Waals surface area contributed by atoms with Crippen LogP contribution in [0, 0.1) is 0 Å². The van der Waals surface area contributed by atoms with Crippen LogP contribution in [-0.2, 0) is 19.5 Å². The van der Waals surface area contributed by atoms with Gasteiger partial charge in [0.05, 0.1) is 24.2 Å². The molecule has 0 unspecified atom stereocenters. The number of carbonyl (C=O) groups excluding carboxylic acids is 1. The van der Waals surface area contributed by atoms with E-state index in [0.717, 1.165) is 43.0 Å². The van der Waals surface area contributed by atoms with Crippen LogP contribution < -0.4 is 4.90 Å². The van der Waals surface area contributed by atoms with Crippen molar-refractivity contribution < 1.29 is 34.0 Å². The van der Waals surface area contributed by atoms with Gasteiger partial charge in [0.1, 0.15) is 5.76 Å². The van der Waals surface area contributed by atoms with Crippen LogP contribution in [0.2, 0.25) is 0 Å². The van der Waals surface area contributed by atoms with E-state index in [9.17, 15) is 9.90 Å². The predicted molar refractivity (Wildman–Crippen MR) is 141 cm³/mol. The number of hydrogen-bond donors (Lipinski definition) is 1. The molecule has 0 radical (unpaired) electrons. The number of nitrogens with zero attached hydrogens (tertiary/aromatic N) is 4. The summed E-state index contributed by atoms with van der Waals surface area (Å²) in [4.78, 5) is 19.2. The number of anilines is 1. The Bertz CT molecular complexity index is 1020. The molecule has 1 aromatic carbocycles. The average Bonchev–Trinajstić information content (AvgIpc) is 2.83. The number of ketones is 1. The van der Waals surface area contributed by atoms with Gasteiger partial charge in [0.15, 0.2) is 24.6 Å². The Morgan fingerprint density at radius 3 is 1.80 bits per heavy atom. The van der Waals surface area contributed by atoms with Gasteiger partial charge in [0.25, 0.3) is 0 Å². The van der Waals surface area contributed by atoms with Crippen LogP contribution in [0.4, 0.5) is 5.69 Å². The van der Waals surface area contributed by atoms with Crippen molar-refractivity contribution in [3.8, 4) is 0 Å². The molecule has 0 spiro atoms. The zero-order valence-electron chi connectivity index (χ0n) is 22.8. The van der Waals surface area contributed by atoms with E-state index in [0.29, 0.717) is 5.76 Å². The van der Waals surface area contributed by atoms with Crippen molar-refractivity contribution in [3.63, 3.8) is 0 Å². The fourth-order valence-electron chi connectivity index (χ4n) is 4.00. The minimum Gasteiger partial charge on any atom is -0.510 e. The molecule has 35 heavy (non-hydrogen) atoms. The molecule has 186 valence electrons. The minimum absolute atomic E-state index is 0. The molecule has 0 bridgehead atoms. The molecule has 6 nitrogen and oxygen atoms in total. The normalized spacial score (nSPS) is 16.7. The molecule has 1 aromatic rings. The largest absolute Gasteiger partial charge is 0.510 e. The molecule has 7 heteroatoms. The second-order valence-electron chi connectivity index (χ2n) is 10.7. The summed E-state index contributed by atoms with van der Waals surface area (Å²) in [5.41, 5.74) is 2.98. The number of allylic oxidation sites excluding steroid dienone is 5. The molecule has 1 heterocycles. The SMILES string of the molecule is CN(C)C(C)(C)C(=O)c1ccc(N2CC[N+](=C3C=CC(=C(O)C(C)(C)N(C)C)C=C3)CC2)cc1.[Zn]. The maximum atomic E-state index is 12.9. The summed E-state index contributed by atoms with van der Waals surface area (Å²) in [7, 11) is 7.82. The van der Waals surface area contributed by atoms with Crippen molar-refractivity contribution in [3.05, 3.63) is 65.5 Å². The smallest absolute Gasteiger partial charge is 0.200 e. The number of piperazine rings is 1. The van der Waals surface area contributed by atoms with Crippen molar-refractivity contribution in [2.24, 2.45) is 0 Å².